The second-order valence-corrected chi connectivity index (χ2v) is 6.74. The van der Waals surface area contributed by atoms with Gasteiger partial charge in [0.15, 0.2) is 3.79 Å². The number of aliphatic hydroxyl groups is 1. The average Bonchev–Trinajstić information content (AvgIpc) is 2.13. The fraction of sp³-hybridized carbons (Fsp3) is 0.818. The number of carboxylic acids is 1. The smallest absolute Gasteiger partial charge is 0.304 e. The molecular formula is C11H18Cl3O3. The van der Waals surface area contributed by atoms with Gasteiger partial charge in [-0.25, -0.2) is 0 Å². The van der Waals surface area contributed by atoms with Crippen LogP contribution in [0.15, 0.2) is 0 Å². The van der Waals surface area contributed by atoms with Gasteiger partial charge in [0.1, 0.15) is 0 Å². The summed E-state index contributed by atoms with van der Waals surface area (Å²) in [4.78, 5) is 10.9. The van der Waals surface area contributed by atoms with Crippen molar-refractivity contribution in [2.24, 2.45) is 5.41 Å². The summed E-state index contributed by atoms with van der Waals surface area (Å²) >= 11 is 16.9. The van der Waals surface area contributed by atoms with Crippen molar-refractivity contribution in [2.45, 2.75) is 48.9 Å². The molecule has 0 rings (SSSR count). The number of carbonyl (C=O) groups is 1. The van der Waals surface area contributed by atoms with Gasteiger partial charge in [0.2, 0.25) is 0 Å². The Balaban J connectivity index is 4.93. The number of aliphatic hydroxyl groups excluding tert-OH is 1. The zero-order valence-corrected chi connectivity index (χ0v) is 12.0. The summed E-state index contributed by atoms with van der Waals surface area (Å²) in [6, 6.07) is 0. The highest BCUT2D eigenvalue weighted by molar-refractivity contribution is 6.67. The number of carboxylic acid groups (broad SMARTS) is 1. The molecule has 0 amide bonds. The van der Waals surface area contributed by atoms with Crippen LogP contribution in [0.4, 0.5) is 0 Å². The molecule has 0 saturated carbocycles. The first kappa shape index (κ1) is 17.3. The summed E-state index contributed by atoms with van der Waals surface area (Å²) in [5.74, 6) is -0.969. The monoisotopic (exact) mass is 303 g/mol. The molecule has 0 saturated heterocycles. The molecule has 0 aromatic carbocycles. The molecule has 0 fully saturated rings. The van der Waals surface area contributed by atoms with Gasteiger partial charge in [-0.15, -0.1) is 0 Å². The molecular weight excluding hydrogens is 286 g/mol. The SMILES string of the molecule is [CH2]CCC(CC)(CC(=O)O)C(O)CC(Cl)(Cl)Cl. The van der Waals surface area contributed by atoms with Gasteiger partial charge in [-0.1, -0.05) is 55.1 Å². The van der Waals surface area contributed by atoms with Crippen LogP contribution in [0.2, 0.25) is 0 Å². The van der Waals surface area contributed by atoms with Crippen LogP contribution in [-0.2, 0) is 4.79 Å². The third-order valence-electron chi connectivity index (χ3n) is 3.01. The van der Waals surface area contributed by atoms with Gasteiger partial charge >= 0.3 is 5.97 Å². The van der Waals surface area contributed by atoms with Crippen molar-refractivity contribution >= 4 is 40.8 Å². The fourth-order valence-corrected chi connectivity index (χ4v) is 2.44. The second-order valence-electron chi connectivity index (χ2n) is 4.23. The average molecular weight is 305 g/mol. The van der Waals surface area contributed by atoms with E-state index in [1.165, 1.54) is 0 Å². The topological polar surface area (TPSA) is 57.5 Å². The zero-order valence-electron chi connectivity index (χ0n) is 9.76. The summed E-state index contributed by atoms with van der Waals surface area (Å²) in [6.07, 6.45) is 0.296. The molecule has 101 valence electrons. The van der Waals surface area contributed by atoms with Crippen LogP contribution < -0.4 is 0 Å². The quantitative estimate of drug-likeness (QED) is 0.707. The van der Waals surface area contributed by atoms with Gasteiger partial charge in [0, 0.05) is 11.8 Å². The van der Waals surface area contributed by atoms with E-state index in [9.17, 15) is 9.90 Å². The van der Waals surface area contributed by atoms with E-state index in [0.29, 0.717) is 19.3 Å². The molecule has 0 heterocycles. The Bertz CT molecular complexity index is 253. The minimum atomic E-state index is -1.58. The predicted octanol–water partition coefficient (Wildman–Crippen LogP) is 3.59. The van der Waals surface area contributed by atoms with Crippen molar-refractivity contribution in [3.05, 3.63) is 6.92 Å². The third-order valence-corrected chi connectivity index (χ3v) is 3.48. The first-order valence-electron chi connectivity index (χ1n) is 5.42. The second kappa shape index (κ2) is 7.03. The number of aliphatic carboxylic acids is 1. The zero-order chi connectivity index (χ0) is 13.7. The number of hydrogen-bond donors (Lipinski definition) is 2. The van der Waals surface area contributed by atoms with Crippen LogP contribution in [-0.4, -0.2) is 26.1 Å². The minimum absolute atomic E-state index is 0.0845. The molecule has 0 aromatic heterocycles. The van der Waals surface area contributed by atoms with E-state index >= 15 is 0 Å². The Morgan fingerprint density at radius 1 is 1.41 bits per heavy atom. The number of rotatable bonds is 7. The van der Waals surface area contributed by atoms with Crippen LogP contribution in [0.25, 0.3) is 0 Å². The van der Waals surface area contributed by atoms with Gasteiger partial charge in [0.25, 0.3) is 0 Å². The van der Waals surface area contributed by atoms with Crippen LogP contribution in [0.3, 0.4) is 0 Å². The van der Waals surface area contributed by atoms with Crippen LogP contribution in [0.5, 0.6) is 0 Å². The predicted molar refractivity (Wildman–Crippen MR) is 70.5 cm³/mol. The Kier molecular flexibility index (Phi) is 7.15. The summed E-state index contributed by atoms with van der Waals surface area (Å²) < 4.78 is -1.58. The maximum atomic E-state index is 10.9. The van der Waals surface area contributed by atoms with Crippen LogP contribution in [0.1, 0.15) is 39.0 Å². The number of halogens is 3. The third kappa shape index (κ3) is 6.14. The Morgan fingerprint density at radius 3 is 2.24 bits per heavy atom. The Morgan fingerprint density at radius 2 is 1.94 bits per heavy atom. The maximum Gasteiger partial charge on any atom is 0.304 e. The molecule has 0 bridgehead atoms. The van der Waals surface area contributed by atoms with Crippen molar-refractivity contribution in [3.8, 4) is 0 Å². The largest absolute Gasteiger partial charge is 0.481 e. The Labute approximate surface area is 117 Å². The van der Waals surface area contributed by atoms with E-state index in [4.69, 9.17) is 39.9 Å². The fourth-order valence-electron chi connectivity index (χ4n) is 2.00. The molecule has 0 aliphatic rings. The lowest BCUT2D eigenvalue weighted by Crippen LogP contribution is -2.39. The summed E-state index contributed by atoms with van der Waals surface area (Å²) in [5, 5.41) is 19.1. The Hall–Kier alpha value is 0.300. The highest BCUT2D eigenvalue weighted by Crippen LogP contribution is 2.42. The molecule has 1 radical (unpaired) electrons. The minimum Gasteiger partial charge on any atom is -0.481 e. The lowest BCUT2D eigenvalue weighted by Gasteiger charge is -2.37. The molecule has 0 aromatic rings. The molecule has 2 N–H and O–H groups in total. The van der Waals surface area contributed by atoms with Gasteiger partial charge in [-0.05, 0) is 12.8 Å². The molecule has 0 spiro atoms. The van der Waals surface area contributed by atoms with Gasteiger partial charge in [-0.2, -0.15) is 0 Å². The molecule has 6 heteroatoms. The lowest BCUT2D eigenvalue weighted by molar-refractivity contribution is -0.143. The summed E-state index contributed by atoms with van der Waals surface area (Å²) in [6.45, 7) is 5.52. The van der Waals surface area contributed by atoms with Crippen molar-refractivity contribution < 1.29 is 15.0 Å². The highest BCUT2D eigenvalue weighted by Gasteiger charge is 2.41. The van der Waals surface area contributed by atoms with E-state index in [1.807, 2.05) is 6.92 Å². The number of alkyl halides is 3. The van der Waals surface area contributed by atoms with E-state index in [-0.39, 0.29) is 12.8 Å². The van der Waals surface area contributed by atoms with Crippen LogP contribution in [0, 0.1) is 12.3 Å². The van der Waals surface area contributed by atoms with Gasteiger partial charge in [0.05, 0.1) is 12.5 Å². The summed E-state index contributed by atoms with van der Waals surface area (Å²) in [5.41, 5.74) is -0.780. The maximum absolute atomic E-state index is 10.9. The first-order valence-corrected chi connectivity index (χ1v) is 6.56. The molecule has 3 nitrogen and oxygen atoms in total. The molecule has 2 unspecified atom stereocenters. The van der Waals surface area contributed by atoms with Crippen molar-refractivity contribution in [1.29, 1.82) is 0 Å². The van der Waals surface area contributed by atoms with E-state index < -0.39 is 21.3 Å². The highest BCUT2D eigenvalue weighted by atomic mass is 35.6. The summed E-state index contributed by atoms with van der Waals surface area (Å²) in [7, 11) is 0. The molecule has 0 aliphatic heterocycles. The van der Waals surface area contributed by atoms with Gasteiger partial charge < -0.3 is 10.2 Å². The number of hydrogen-bond acceptors (Lipinski definition) is 2. The van der Waals surface area contributed by atoms with Crippen molar-refractivity contribution in [3.63, 3.8) is 0 Å². The van der Waals surface area contributed by atoms with Crippen molar-refractivity contribution in [2.75, 3.05) is 0 Å². The van der Waals surface area contributed by atoms with Gasteiger partial charge in [-0.3, -0.25) is 4.79 Å². The van der Waals surface area contributed by atoms with Crippen molar-refractivity contribution in [1.82, 2.24) is 0 Å². The van der Waals surface area contributed by atoms with E-state index in [2.05, 4.69) is 6.92 Å². The first-order chi connectivity index (χ1) is 7.67. The molecule has 17 heavy (non-hydrogen) atoms. The normalized spacial score (nSPS) is 17.5. The molecule has 2 atom stereocenters. The van der Waals surface area contributed by atoms with E-state index in [0.717, 1.165) is 0 Å². The van der Waals surface area contributed by atoms with E-state index in [1.54, 1.807) is 0 Å². The molecule has 0 aliphatic carbocycles. The standard InChI is InChI=1S/C11H18Cl3O3/c1-3-5-10(4-2,7-9(16)17)8(15)6-11(12,13)14/h8,15H,1,3-7H2,2H3,(H,16,17). The van der Waals surface area contributed by atoms with Crippen LogP contribution >= 0.6 is 34.8 Å². The lowest BCUT2D eigenvalue weighted by atomic mass is 9.72.